The summed E-state index contributed by atoms with van der Waals surface area (Å²) >= 11 is 0. The fourth-order valence-electron chi connectivity index (χ4n) is 2.96. The third kappa shape index (κ3) is 0.924. The van der Waals surface area contributed by atoms with Crippen LogP contribution in [-0.4, -0.2) is 18.2 Å². The Morgan fingerprint density at radius 1 is 1.40 bits per heavy atom. The molecule has 2 fully saturated rings. The van der Waals surface area contributed by atoms with Gasteiger partial charge in [0.2, 0.25) is 0 Å². The molecule has 0 aliphatic carbocycles. The maximum absolute atomic E-state index is 11.9. The zero-order chi connectivity index (χ0) is 11.4. The second-order valence-corrected chi connectivity index (χ2v) is 4.89. The largest absolute Gasteiger partial charge is 0.430 e. The molecule has 0 amide bonds. The topological polar surface area (TPSA) is 35.5 Å². The lowest BCUT2D eigenvalue weighted by Crippen LogP contribution is -2.43. The Labute approximate surface area is 90.4 Å². The van der Waals surface area contributed by atoms with Crippen LogP contribution in [-0.2, 0) is 14.3 Å². The molecule has 2 saturated heterocycles. The zero-order valence-corrected chi connectivity index (χ0v) is 9.79. The van der Waals surface area contributed by atoms with Gasteiger partial charge in [-0.25, -0.2) is 0 Å². The molecule has 2 heterocycles. The molecule has 0 aromatic carbocycles. The lowest BCUT2D eigenvalue weighted by molar-refractivity contribution is -0.148. The SMILES string of the molecule is C=C1OC(=O)C2(C)C(CC)OC(C)C12C. The van der Waals surface area contributed by atoms with Crippen molar-refractivity contribution >= 4 is 5.97 Å². The Morgan fingerprint density at radius 3 is 2.53 bits per heavy atom. The lowest BCUT2D eigenvalue weighted by Gasteiger charge is -2.32. The summed E-state index contributed by atoms with van der Waals surface area (Å²) in [5, 5.41) is 0. The van der Waals surface area contributed by atoms with Gasteiger partial charge in [0.1, 0.15) is 11.2 Å². The van der Waals surface area contributed by atoms with Crippen molar-refractivity contribution in [1.82, 2.24) is 0 Å². The van der Waals surface area contributed by atoms with Gasteiger partial charge in [-0.15, -0.1) is 0 Å². The van der Waals surface area contributed by atoms with E-state index in [1.54, 1.807) is 0 Å². The second-order valence-electron chi connectivity index (χ2n) is 4.89. The van der Waals surface area contributed by atoms with Crippen LogP contribution < -0.4 is 0 Å². The number of cyclic esters (lactones) is 1. The number of fused-ring (bicyclic) bond motifs is 1. The van der Waals surface area contributed by atoms with Crippen LogP contribution in [0, 0.1) is 10.8 Å². The highest BCUT2D eigenvalue weighted by Gasteiger charge is 2.70. The molecule has 84 valence electrons. The molecule has 0 spiro atoms. The van der Waals surface area contributed by atoms with E-state index in [4.69, 9.17) is 9.47 Å². The van der Waals surface area contributed by atoms with Gasteiger partial charge in [0.05, 0.1) is 17.6 Å². The van der Waals surface area contributed by atoms with Gasteiger partial charge in [-0.1, -0.05) is 13.5 Å². The average molecular weight is 210 g/mol. The van der Waals surface area contributed by atoms with Crippen LogP contribution in [0.4, 0.5) is 0 Å². The molecule has 0 aromatic heterocycles. The number of hydrogen-bond donors (Lipinski definition) is 0. The van der Waals surface area contributed by atoms with Crippen molar-refractivity contribution < 1.29 is 14.3 Å². The molecule has 0 saturated carbocycles. The maximum atomic E-state index is 11.9. The van der Waals surface area contributed by atoms with Crippen molar-refractivity contribution in [2.75, 3.05) is 0 Å². The molecule has 0 radical (unpaired) electrons. The average Bonchev–Trinajstić information content (AvgIpc) is 2.50. The summed E-state index contributed by atoms with van der Waals surface area (Å²) in [7, 11) is 0. The van der Waals surface area contributed by atoms with E-state index in [2.05, 4.69) is 6.58 Å². The summed E-state index contributed by atoms with van der Waals surface area (Å²) in [4.78, 5) is 11.9. The molecule has 4 unspecified atom stereocenters. The standard InChI is InChI=1S/C12H18O3/c1-6-9-12(5)10(13)15-8(3)11(12,4)7(2)14-9/h7,9H,3,6H2,1-2,4-5H3. The van der Waals surface area contributed by atoms with Gasteiger partial charge in [-0.3, -0.25) is 4.79 Å². The number of ether oxygens (including phenoxy) is 2. The number of esters is 1. The molecular weight excluding hydrogens is 192 g/mol. The van der Waals surface area contributed by atoms with Gasteiger partial charge in [-0.2, -0.15) is 0 Å². The molecule has 0 N–H and O–H groups in total. The minimum Gasteiger partial charge on any atom is -0.430 e. The first kappa shape index (κ1) is 10.7. The number of carbonyl (C=O) groups excluding carboxylic acids is 1. The quantitative estimate of drug-likeness (QED) is 0.623. The molecule has 15 heavy (non-hydrogen) atoms. The van der Waals surface area contributed by atoms with Crippen molar-refractivity contribution in [3.8, 4) is 0 Å². The Hall–Kier alpha value is -0.830. The van der Waals surface area contributed by atoms with Gasteiger partial charge in [0.15, 0.2) is 0 Å². The Kier molecular flexibility index (Phi) is 2.03. The van der Waals surface area contributed by atoms with Crippen LogP contribution in [0.3, 0.4) is 0 Å². The third-order valence-corrected chi connectivity index (χ3v) is 4.49. The lowest BCUT2D eigenvalue weighted by atomic mass is 9.63. The normalized spacial score (nSPS) is 49.3. The molecule has 0 aromatic rings. The fourth-order valence-corrected chi connectivity index (χ4v) is 2.96. The fraction of sp³-hybridized carbons (Fsp3) is 0.750. The summed E-state index contributed by atoms with van der Waals surface area (Å²) in [5.41, 5.74) is -0.955. The Bertz CT molecular complexity index is 336. The monoisotopic (exact) mass is 210 g/mol. The molecule has 3 heteroatoms. The molecule has 4 atom stereocenters. The summed E-state index contributed by atoms with van der Waals surface area (Å²) in [6.45, 7) is 11.8. The maximum Gasteiger partial charge on any atom is 0.320 e. The van der Waals surface area contributed by atoms with Crippen LogP contribution >= 0.6 is 0 Å². The van der Waals surface area contributed by atoms with E-state index in [0.717, 1.165) is 6.42 Å². The zero-order valence-electron chi connectivity index (χ0n) is 9.79. The van der Waals surface area contributed by atoms with E-state index in [1.807, 2.05) is 27.7 Å². The van der Waals surface area contributed by atoms with E-state index < -0.39 is 5.41 Å². The van der Waals surface area contributed by atoms with Gasteiger partial charge >= 0.3 is 5.97 Å². The first-order chi connectivity index (χ1) is 6.89. The highest BCUT2D eigenvalue weighted by molar-refractivity contribution is 5.84. The smallest absolute Gasteiger partial charge is 0.320 e. The highest BCUT2D eigenvalue weighted by Crippen LogP contribution is 2.62. The minimum atomic E-state index is -0.571. The molecule has 2 aliphatic rings. The van der Waals surface area contributed by atoms with Crippen LogP contribution in [0.5, 0.6) is 0 Å². The van der Waals surface area contributed by atoms with Crippen LogP contribution in [0.1, 0.15) is 34.1 Å². The summed E-state index contributed by atoms with van der Waals surface area (Å²) < 4.78 is 11.1. The van der Waals surface area contributed by atoms with Gasteiger partial charge in [-0.05, 0) is 27.2 Å². The van der Waals surface area contributed by atoms with Crippen molar-refractivity contribution in [3.63, 3.8) is 0 Å². The molecule has 3 nitrogen and oxygen atoms in total. The summed E-state index contributed by atoms with van der Waals surface area (Å²) in [5.74, 6) is 0.365. The number of hydrogen-bond acceptors (Lipinski definition) is 3. The van der Waals surface area contributed by atoms with Crippen molar-refractivity contribution in [3.05, 3.63) is 12.3 Å². The summed E-state index contributed by atoms with van der Waals surface area (Å²) in [6.07, 6.45) is 0.731. The number of rotatable bonds is 1. The first-order valence-electron chi connectivity index (χ1n) is 5.46. The van der Waals surface area contributed by atoms with E-state index in [0.29, 0.717) is 5.76 Å². The van der Waals surface area contributed by atoms with Crippen molar-refractivity contribution in [2.24, 2.45) is 10.8 Å². The second kappa shape index (κ2) is 2.85. The predicted molar refractivity (Wildman–Crippen MR) is 56.1 cm³/mol. The van der Waals surface area contributed by atoms with E-state index in [1.165, 1.54) is 0 Å². The molecule has 0 bridgehead atoms. The van der Waals surface area contributed by atoms with E-state index >= 15 is 0 Å². The third-order valence-electron chi connectivity index (χ3n) is 4.49. The minimum absolute atomic E-state index is 0.0219. The first-order valence-corrected chi connectivity index (χ1v) is 5.46. The van der Waals surface area contributed by atoms with Crippen molar-refractivity contribution in [2.45, 2.75) is 46.3 Å². The van der Waals surface area contributed by atoms with Crippen LogP contribution in [0.25, 0.3) is 0 Å². The molecule has 2 aliphatic heterocycles. The highest BCUT2D eigenvalue weighted by atomic mass is 16.6. The molecule has 2 rings (SSSR count). The van der Waals surface area contributed by atoms with Gasteiger partial charge in [0.25, 0.3) is 0 Å². The molecular formula is C12H18O3. The van der Waals surface area contributed by atoms with Crippen LogP contribution in [0.2, 0.25) is 0 Å². The van der Waals surface area contributed by atoms with Crippen molar-refractivity contribution in [1.29, 1.82) is 0 Å². The Morgan fingerprint density at radius 2 is 2.00 bits per heavy atom. The van der Waals surface area contributed by atoms with E-state index in [-0.39, 0.29) is 23.6 Å². The van der Waals surface area contributed by atoms with E-state index in [9.17, 15) is 4.79 Å². The van der Waals surface area contributed by atoms with Gasteiger partial charge in [0, 0.05) is 0 Å². The number of carbonyl (C=O) groups is 1. The van der Waals surface area contributed by atoms with Crippen LogP contribution in [0.15, 0.2) is 12.3 Å². The van der Waals surface area contributed by atoms with Gasteiger partial charge < -0.3 is 9.47 Å². The predicted octanol–water partition coefficient (Wildman–Crippen LogP) is 2.27. The summed E-state index contributed by atoms with van der Waals surface area (Å²) in [6, 6.07) is 0. The Balaban J connectivity index is 2.56.